The summed E-state index contributed by atoms with van der Waals surface area (Å²) >= 11 is 6.13. The zero-order valence-corrected chi connectivity index (χ0v) is 17.9. The highest BCUT2D eigenvalue weighted by Gasteiger charge is 2.36. The summed E-state index contributed by atoms with van der Waals surface area (Å²) in [5, 5.41) is 3.40. The molecule has 2 saturated heterocycles. The zero-order chi connectivity index (χ0) is 21.1. The van der Waals surface area contributed by atoms with E-state index in [0.717, 1.165) is 31.5 Å². The normalized spacial score (nSPS) is 17.5. The van der Waals surface area contributed by atoms with Crippen LogP contribution in [0.5, 0.6) is 0 Å². The van der Waals surface area contributed by atoms with Crippen LogP contribution in [0.2, 0.25) is 5.02 Å². The molecule has 7 heteroatoms. The largest absolute Gasteiger partial charge is 0.324 e. The van der Waals surface area contributed by atoms with Gasteiger partial charge in [-0.3, -0.25) is 0 Å². The van der Waals surface area contributed by atoms with E-state index in [2.05, 4.69) is 36.5 Å². The van der Waals surface area contributed by atoms with Crippen LogP contribution in [0.25, 0.3) is 0 Å². The summed E-state index contributed by atoms with van der Waals surface area (Å²) < 4.78 is 0. The van der Waals surface area contributed by atoms with Crippen LogP contribution in [-0.4, -0.2) is 59.0 Å². The molecule has 2 aliphatic heterocycles. The van der Waals surface area contributed by atoms with Crippen LogP contribution in [0, 0.1) is 6.92 Å². The molecule has 2 fully saturated rings. The van der Waals surface area contributed by atoms with Crippen molar-refractivity contribution in [2.24, 2.45) is 0 Å². The van der Waals surface area contributed by atoms with E-state index in [1.165, 1.54) is 5.56 Å². The lowest BCUT2D eigenvalue weighted by molar-refractivity contribution is 0.139. The summed E-state index contributed by atoms with van der Waals surface area (Å²) in [6.45, 7) is 5.47. The monoisotopic (exact) mass is 426 g/mol. The molecular formula is C23H27ClN4O2. The van der Waals surface area contributed by atoms with Crippen LogP contribution < -0.4 is 5.32 Å². The van der Waals surface area contributed by atoms with Gasteiger partial charge in [-0.25, -0.2) is 9.59 Å². The van der Waals surface area contributed by atoms with Crippen LogP contribution in [-0.2, 0) is 6.54 Å². The summed E-state index contributed by atoms with van der Waals surface area (Å²) in [6, 6.07) is 15.7. The molecule has 4 rings (SSSR count). The molecule has 4 amide bonds. The molecule has 0 aromatic heterocycles. The lowest BCUT2D eigenvalue weighted by Crippen LogP contribution is -2.49. The summed E-state index contributed by atoms with van der Waals surface area (Å²) in [5.74, 6) is 0. The fourth-order valence-electron chi connectivity index (χ4n) is 4.14. The van der Waals surface area contributed by atoms with Gasteiger partial charge in [0.15, 0.2) is 0 Å². The van der Waals surface area contributed by atoms with Crippen LogP contribution in [0.4, 0.5) is 15.3 Å². The third kappa shape index (κ3) is 4.54. The average Bonchev–Trinajstić information content (AvgIpc) is 3.11. The van der Waals surface area contributed by atoms with Crippen LogP contribution in [0.15, 0.2) is 48.5 Å². The molecule has 158 valence electrons. The van der Waals surface area contributed by atoms with E-state index in [-0.39, 0.29) is 18.1 Å². The van der Waals surface area contributed by atoms with Crippen molar-refractivity contribution in [1.82, 2.24) is 14.7 Å². The van der Waals surface area contributed by atoms with Gasteiger partial charge in [0.1, 0.15) is 0 Å². The van der Waals surface area contributed by atoms with Crippen molar-refractivity contribution in [2.75, 3.05) is 31.5 Å². The first kappa shape index (κ1) is 20.5. The molecule has 0 saturated carbocycles. The van der Waals surface area contributed by atoms with Crippen molar-refractivity contribution < 1.29 is 9.59 Å². The van der Waals surface area contributed by atoms with Crippen molar-refractivity contribution in [3.63, 3.8) is 0 Å². The van der Waals surface area contributed by atoms with Gasteiger partial charge in [0.25, 0.3) is 0 Å². The minimum atomic E-state index is -0.143. The number of aryl methyl sites for hydroxylation is 1. The number of nitrogens with one attached hydrogen (secondary N) is 1. The van der Waals surface area contributed by atoms with Gasteiger partial charge in [0.05, 0.1) is 10.7 Å². The highest BCUT2D eigenvalue weighted by Crippen LogP contribution is 2.25. The lowest BCUT2D eigenvalue weighted by Gasteiger charge is -2.36. The second-order valence-electron chi connectivity index (χ2n) is 8.01. The number of halogens is 1. The molecule has 0 spiro atoms. The van der Waals surface area contributed by atoms with Crippen molar-refractivity contribution in [2.45, 2.75) is 32.4 Å². The first-order chi connectivity index (χ1) is 14.5. The second-order valence-corrected chi connectivity index (χ2v) is 8.42. The van der Waals surface area contributed by atoms with E-state index in [0.29, 0.717) is 30.3 Å². The number of hydrogen-bond donors (Lipinski definition) is 1. The van der Waals surface area contributed by atoms with Crippen LogP contribution in [0.3, 0.4) is 0 Å². The van der Waals surface area contributed by atoms with Crippen LogP contribution >= 0.6 is 11.6 Å². The van der Waals surface area contributed by atoms with E-state index in [9.17, 15) is 9.59 Å². The zero-order valence-electron chi connectivity index (χ0n) is 17.2. The molecule has 0 aliphatic carbocycles. The summed E-state index contributed by atoms with van der Waals surface area (Å²) in [7, 11) is 0. The molecule has 0 radical (unpaired) electrons. The Hall–Kier alpha value is -2.73. The standard InChI is InChI=1S/C23H27ClN4O2/c1-17-6-8-18(9-7-17)16-27-14-15-28(23(27)30)19-10-12-26(13-11-19)22(29)25-21-5-3-2-4-20(21)24/h2-9,19H,10-16H2,1H3,(H,25,29). The number of hydrogen-bond acceptors (Lipinski definition) is 2. The van der Waals surface area contributed by atoms with E-state index in [1.807, 2.05) is 21.9 Å². The lowest BCUT2D eigenvalue weighted by atomic mass is 10.0. The van der Waals surface area contributed by atoms with Gasteiger partial charge in [-0.15, -0.1) is 0 Å². The molecule has 0 atom stereocenters. The highest BCUT2D eigenvalue weighted by atomic mass is 35.5. The third-order valence-electron chi connectivity index (χ3n) is 5.93. The summed E-state index contributed by atoms with van der Waals surface area (Å²) in [6.07, 6.45) is 1.58. The fraction of sp³-hybridized carbons (Fsp3) is 0.391. The fourth-order valence-corrected chi connectivity index (χ4v) is 4.32. The number of rotatable bonds is 4. The molecular weight excluding hydrogens is 400 g/mol. The van der Waals surface area contributed by atoms with Crippen LogP contribution in [0.1, 0.15) is 24.0 Å². The predicted molar refractivity (Wildman–Crippen MR) is 119 cm³/mol. The number of carbonyl (C=O) groups excluding carboxylic acids is 2. The van der Waals surface area contributed by atoms with E-state index in [4.69, 9.17) is 11.6 Å². The topological polar surface area (TPSA) is 55.9 Å². The minimum absolute atomic E-state index is 0.106. The van der Waals surface area contributed by atoms with Gasteiger partial charge in [-0.1, -0.05) is 53.6 Å². The van der Waals surface area contributed by atoms with E-state index < -0.39 is 0 Å². The van der Waals surface area contributed by atoms with E-state index in [1.54, 1.807) is 17.0 Å². The molecule has 2 aliphatic rings. The van der Waals surface area contributed by atoms with Crippen molar-refractivity contribution in [3.8, 4) is 0 Å². The highest BCUT2D eigenvalue weighted by molar-refractivity contribution is 6.33. The third-order valence-corrected chi connectivity index (χ3v) is 6.26. The Balaban J connectivity index is 1.29. The number of nitrogens with zero attached hydrogens (tertiary/aromatic N) is 3. The number of likely N-dealkylation sites (tertiary alicyclic amines) is 1. The number of para-hydroxylation sites is 1. The number of piperidine rings is 1. The van der Waals surface area contributed by atoms with Gasteiger partial charge >= 0.3 is 12.1 Å². The number of anilines is 1. The summed E-state index contributed by atoms with van der Waals surface area (Å²) in [4.78, 5) is 31.2. The Morgan fingerprint density at radius 1 is 1.03 bits per heavy atom. The molecule has 2 aromatic rings. The number of carbonyl (C=O) groups is 2. The smallest absolute Gasteiger partial charge is 0.321 e. The SMILES string of the molecule is Cc1ccc(CN2CCN(C3CCN(C(=O)Nc4ccccc4Cl)CC3)C2=O)cc1. The summed E-state index contributed by atoms with van der Waals surface area (Å²) in [5.41, 5.74) is 2.99. The second kappa shape index (κ2) is 8.96. The van der Waals surface area contributed by atoms with Crippen molar-refractivity contribution >= 4 is 29.4 Å². The molecule has 0 bridgehead atoms. The average molecular weight is 427 g/mol. The molecule has 30 heavy (non-hydrogen) atoms. The number of amides is 4. The minimum Gasteiger partial charge on any atom is -0.324 e. The number of urea groups is 2. The van der Waals surface area contributed by atoms with Gasteiger partial charge in [-0.05, 0) is 37.5 Å². The first-order valence-corrected chi connectivity index (χ1v) is 10.8. The quantitative estimate of drug-likeness (QED) is 0.777. The molecule has 2 heterocycles. The maximum absolute atomic E-state index is 12.9. The Morgan fingerprint density at radius 3 is 2.43 bits per heavy atom. The maximum atomic E-state index is 12.9. The Labute approximate surface area is 182 Å². The predicted octanol–water partition coefficient (Wildman–Crippen LogP) is 4.58. The van der Waals surface area contributed by atoms with Gasteiger partial charge in [0, 0.05) is 38.8 Å². The molecule has 2 aromatic carbocycles. The Morgan fingerprint density at radius 2 is 1.73 bits per heavy atom. The van der Waals surface area contributed by atoms with Crippen molar-refractivity contribution in [3.05, 3.63) is 64.7 Å². The Kier molecular flexibility index (Phi) is 6.13. The van der Waals surface area contributed by atoms with Gasteiger partial charge in [0.2, 0.25) is 0 Å². The molecule has 1 N–H and O–H groups in total. The van der Waals surface area contributed by atoms with Gasteiger partial charge < -0.3 is 20.0 Å². The first-order valence-electron chi connectivity index (χ1n) is 10.4. The van der Waals surface area contributed by atoms with Crippen molar-refractivity contribution in [1.29, 1.82) is 0 Å². The van der Waals surface area contributed by atoms with E-state index >= 15 is 0 Å². The number of benzene rings is 2. The molecule has 0 unspecified atom stereocenters. The van der Waals surface area contributed by atoms with Gasteiger partial charge in [-0.2, -0.15) is 0 Å². The Bertz CT molecular complexity index is 910. The molecule has 6 nitrogen and oxygen atoms in total. The maximum Gasteiger partial charge on any atom is 0.321 e.